The molecule has 0 aliphatic heterocycles. The first kappa shape index (κ1) is 9.43. The summed E-state index contributed by atoms with van der Waals surface area (Å²) in [5, 5.41) is 12.3. The fraction of sp³-hybridized carbons (Fsp3) is 0.143. The molecule has 2 heteroatoms. The molecule has 1 heterocycles. The smallest absolute Gasteiger partial charge is 0.128 e. The second-order valence-corrected chi connectivity index (χ2v) is 4.04. The van der Waals surface area contributed by atoms with E-state index in [0.29, 0.717) is 0 Å². The van der Waals surface area contributed by atoms with Gasteiger partial charge in [0.25, 0.3) is 0 Å². The van der Waals surface area contributed by atoms with Crippen LogP contribution in [0.2, 0.25) is 0 Å². The number of fused-ring (bicyclic) bond motifs is 3. The largest absolute Gasteiger partial charge is 0.374 e. The van der Waals surface area contributed by atoms with Crippen molar-refractivity contribution in [3.63, 3.8) is 0 Å². The molecule has 0 fully saturated rings. The highest BCUT2D eigenvalue weighted by atomic mass is 16.3. The van der Waals surface area contributed by atoms with Crippen LogP contribution in [0.4, 0.5) is 0 Å². The normalized spacial score (nSPS) is 13.4. The molecule has 1 aromatic heterocycles. The Morgan fingerprint density at radius 3 is 1.75 bits per heavy atom. The van der Waals surface area contributed by atoms with Gasteiger partial charge in [0.15, 0.2) is 0 Å². The van der Waals surface area contributed by atoms with Gasteiger partial charge < -0.3 is 9.67 Å². The van der Waals surface area contributed by atoms with Crippen molar-refractivity contribution in [1.82, 2.24) is 4.57 Å². The van der Waals surface area contributed by atoms with Crippen molar-refractivity contribution < 1.29 is 5.11 Å². The van der Waals surface area contributed by atoms with Crippen LogP contribution in [0.3, 0.4) is 0 Å². The van der Waals surface area contributed by atoms with Gasteiger partial charge in [-0.1, -0.05) is 36.4 Å². The Bertz CT molecular complexity index is 599. The first-order chi connectivity index (χ1) is 7.79. The van der Waals surface area contributed by atoms with E-state index < -0.39 is 6.23 Å². The maximum Gasteiger partial charge on any atom is 0.128 e. The summed E-state index contributed by atoms with van der Waals surface area (Å²) in [6.07, 6.45) is -0.509. The lowest BCUT2D eigenvalue weighted by Crippen LogP contribution is -2.02. The van der Waals surface area contributed by atoms with Crippen LogP contribution in [0, 0.1) is 0 Å². The van der Waals surface area contributed by atoms with Gasteiger partial charge in [-0.2, -0.15) is 0 Å². The van der Waals surface area contributed by atoms with Gasteiger partial charge in [0.05, 0.1) is 11.0 Å². The minimum Gasteiger partial charge on any atom is -0.374 e. The van der Waals surface area contributed by atoms with Gasteiger partial charge in [0.2, 0.25) is 0 Å². The molecule has 0 amide bonds. The van der Waals surface area contributed by atoms with Crippen molar-refractivity contribution in [1.29, 1.82) is 0 Å². The maximum absolute atomic E-state index is 9.87. The van der Waals surface area contributed by atoms with E-state index in [-0.39, 0.29) is 0 Å². The molecule has 3 rings (SSSR count). The van der Waals surface area contributed by atoms with E-state index in [9.17, 15) is 5.11 Å². The monoisotopic (exact) mass is 211 g/mol. The quantitative estimate of drug-likeness (QED) is 0.656. The number of nitrogens with zero attached hydrogens (tertiary/aromatic N) is 1. The van der Waals surface area contributed by atoms with Crippen molar-refractivity contribution in [2.45, 2.75) is 13.2 Å². The molecule has 0 saturated carbocycles. The van der Waals surface area contributed by atoms with Crippen molar-refractivity contribution in [2.75, 3.05) is 0 Å². The average molecular weight is 211 g/mol. The van der Waals surface area contributed by atoms with E-state index >= 15 is 0 Å². The average Bonchev–Trinajstić information content (AvgIpc) is 2.63. The third-order valence-electron chi connectivity index (χ3n) is 2.99. The van der Waals surface area contributed by atoms with Gasteiger partial charge in [-0.05, 0) is 19.1 Å². The molecule has 16 heavy (non-hydrogen) atoms. The summed E-state index contributed by atoms with van der Waals surface area (Å²) >= 11 is 0. The van der Waals surface area contributed by atoms with E-state index in [1.54, 1.807) is 6.92 Å². The summed E-state index contributed by atoms with van der Waals surface area (Å²) < 4.78 is 1.96. The minimum atomic E-state index is -0.509. The van der Waals surface area contributed by atoms with Crippen molar-refractivity contribution in [2.24, 2.45) is 0 Å². The van der Waals surface area contributed by atoms with Gasteiger partial charge in [0.1, 0.15) is 6.23 Å². The van der Waals surface area contributed by atoms with Gasteiger partial charge in [-0.3, -0.25) is 0 Å². The molecule has 2 nitrogen and oxygen atoms in total. The van der Waals surface area contributed by atoms with E-state index in [1.165, 1.54) is 10.8 Å². The second-order valence-electron chi connectivity index (χ2n) is 4.04. The zero-order valence-corrected chi connectivity index (χ0v) is 9.09. The maximum atomic E-state index is 9.87. The third kappa shape index (κ3) is 1.17. The number of aliphatic hydroxyl groups excluding tert-OH is 1. The number of hydrogen-bond acceptors (Lipinski definition) is 1. The first-order valence-corrected chi connectivity index (χ1v) is 5.45. The Morgan fingerprint density at radius 2 is 1.31 bits per heavy atom. The summed E-state index contributed by atoms with van der Waals surface area (Å²) in [5.74, 6) is 0. The van der Waals surface area contributed by atoms with E-state index in [1.807, 2.05) is 41.0 Å². The SMILES string of the molecule is CC(O)n1c2ccccc2c2ccccc21. The number of para-hydroxylation sites is 2. The predicted octanol–water partition coefficient (Wildman–Crippen LogP) is 3.31. The highest BCUT2D eigenvalue weighted by molar-refractivity contribution is 6.08. The summed E-state index contributed by atoms with van der Waals surface area (Å²) in [6, 6.07) is 16.3. The fourth-order valence-corrected chi connectivity index (χ4v) is 2.36. The molecule has 0 radical (unpaired) electrons. The van der Waals surface area contributed by atoms with E-state index in [0.717, 1.165) is 11.0 Å². The molecular weight excluding hydrogens is 198 g/mol. The van der Waals surface area contributed by atoms with Crippen molar-refractivity contribution in [3.8, 4) is 0 Å². The third-order valence-corrected chi connectivity index (χ3v) is 2.99. The Hall–Kier alpha value is -1.80. The molecule has 0 bridgehead atoms. The van der Waals surface area contributed by atoms with Gasteiger partial charge in [-0.25, -0.2) is 0 Å². The zero-order chi connectivity index (χ0) is 11.1. The van der Waals surface area contributed by atoms with Crippen LogP contribution in [0.25, 0.3) is 21.8 Å². The van der Waals surface area contributed by atoms with Gasteiger partial charge >= 0.3 is 0 Å². The molecular formula is C14H13NO. The highest BCUT2D eigenvalue weighted by Gasteiger charge is 2.11. The molecule has 0 aliphatic rings. The Morgan fingerprint density at radius 1 is 0.875 bits per heavy atom. The van der Waals surface area contributed by atoms with Crippen LogP contribution in [0.1, 0.15) is 13.2 Å². The molecule has 1 unspecified atom stereocenters. The fourth-order valence-electron chi connectivity index (χ4n) is 2.36. The lowest BCUT2D eigenvalue weighted by molar-refractivity contribution is 0.134. The van der Waals surface area contributed by atoms with Crippen molar-refractivity contribution >= 4 is 21.8 Å². The van der Waals surface area contributed by atoms with Crippen LogP contribution in [0.15, 0.2) is 48.5 Å². The molecule has 0 aliphatic carbocycles. The standard InChI is InChI=1S/C14H13NO/c1-10(16)15-13-8-4-2-6-11(13)12-7-3-5-9-14(12)15/h2-10,16H,1H3. The predicted molar refractivity (Wildman–Crippen MR) is 66.4 cm³/mol. The van der Waals surface area contributed by atoms with Crippen LogP contribution in [-0.4, -0.2) is 9.67 Å². The summed E-state index contributed by atoms with van der Waals surface area (Å²) in [6.45, 7) is 1.79. The van der Waals surface area contributed by atoms with Gasteiger partial charge in [-0.15, -0.1) is 0 Å². The lowest BCUT2D eigenvalue weighted by atomic mass is 10.2. The summed E-state index contributed by atoms with van der Waals surface area (Å²) in [4.78, 5) is 0. The lowest BCUT2D eigenvalue weighted by Gasteiger charge is -2.09. The Kier molecular flexibility index (Phi) is 1.98. The van der Waals surface area contributed by atoms with Crippen LogP contribution >= 0.6 is 0 Å². The molecule has 1 N–H and O–H groups in total. The number of rotatable bonds is 1. The molecule has 1 atom stereocenters. The second kappa shape index (κ2) is 3.35. The molecule has 0 saturated heterocycles. The van der Waals surface area contributed by atoms with E-state index in [2.05, 4.69) is 12.1 Å². The van der Waals surface area contributed by atoms with Gasteiger partial charge in [0, 0.05) is 10.8 Å². The van der Waals surface area contributed by atoms with E-state index in [4.69, 9.17) is 0 Å². The molecule has 0 spiro atoms. The zero-order valence-electron chi connectivity index (χ0n) is 9.09. The minimum absolute atomic E-state index is 0.509. The van der Waals surface area contributed by atoms with Crippen molar-refractivity contribution in [3.05, 3.63) is 48.5 Å². The number of hydrogen-bond donors (Lipinski definition) is 1. The topological polar surface area (TPSA) is 25.2 Å². The molecule has 2 aromatic carbocycles. The Labute approximate surface area is 93.7 Å². The van der Waals surface area contributed by atoms with Crippen LogP contribution < -0.4 is 0 Å². The number of aliphatic hydroxyl groups is 1. The van der Waals surface area contributed by atoms with Crippen LogP contribution in [-0.2, 0) is 0 Å². The molecule has 3 aromatic rings. The van der Waals surface area contributed by atoms with Crippen LogP contribution in [0.5, 0.6) is 0 Å². The number of benzene rings is 2. The highest BCUT2D eigenvalue weighted by Crippen LogP contribution is 2.30. The Balaban J connectivity index is 2.59. The summed E-state index contributed by atoms with van der Waals surface area (Å²) in [7, 11) is 0. The summed E-state index contributed by atoms with van der Waals surface area (Å²) in [5.41, 5.74) is 2.16. The molecule has 80 valence electrons. The number of aromatic nitrogens is 1. The first-order valence-electron chi connectivity index (χ1n) is 5.45.